The summed E-state index contributed by atoms with van der Waals surface area (Å²) in [5, 5.41) is 11.4. The minimum Gasteiger partial charge on any atom is -0.377 e. The maximum atomic E-state index is 4.92. The third kappa shape index (κ3) is 3.67. The highest BCUT2D eigenvalue weighted by atomic mass is 15.1. The Morgan fingerprint density at radius 2 is 2.04 bits per heavy atom. The number of nitrogens with one attached hydrogen (secondary N) is 2. The largest absolute Gasteiger partial charge is 0.377 e. The fourth-order valence-corrected chi connectivity index (χ4v) is 3.41. The van der Waals surface area contributed by atoms with E-state index in [0.29, 0.717) is 0 Å². The maximum absolute atomic E-state index is 4.92. The average Bonchev–Trinajstić information content (AvgIpc) is 3.21. The summed E-state index contributed by atoms with van der Waals surface area (Å²) >= 11 is 0. The van der Waals surface area contributed by atoms with Crippen molar-refractivity contribution in [2.75, 3.05) is 30.9 Å². The Labute approximate surface area is 164 Å². The summed E-state index contributed by atoms with van der Waals surface area (Å²) in [7, 11) is 4.12. The summed E-state index contributed by atoms with van der Waals surface area (Å²) in [6.07, 6.45) is 6.46. The van der Waals surface area contributed by atoms with Gasteiger partial charge in [-0.1, -0.05) is 6.07 Å². The van der Waals surface area contributed by atoms with Crippen molar-refractivity contribution in [1.29, 1.82) is 0 Å². The topological polar surface area (TPSA) is 69.7 Å². The Hall–Kier alpha value is -3.41. The Balaban J connectivity index is 1.68. The summed E-state index contributed by atoms with van der Waals surface area (Å²) < 4.78 is 0. The van der Waals surface area contributed by atoms with Crippen LogP contribution in [-0.4, -0.2) is 40.8 Å². The van der Waals surface area contributed by atoms with E-state index in [4.69, 9.17) is 4.98 Å². The van der Waals surface area contributed by atoms with Crippen LogP contribution in [0.25, 0.3) is 22.2 Å². The number of fused-ring (bicyclic) bond motifs is 1. The Morgan fingerprint density at radius 3 is 2.79 bits per heavy atom. The molecule has 6 heteroatoms. The predicted octanol–water partition coefficient (Wildman–Crippen LogP) is 4.05. The van der Waals surface area contributed by atoms with E-state index in [1.54, 1.807) is 0 Å². The van der Waals surface area contributed by atoms with Crippen LogP contribution in [-0.2, 0) is 6.42 Å². The highest BCUT2D eigenvalue weighted by Crippen LogP contribution is 2.29. The highest BCUT2D eigenvalue weighted by molar-refractivity contribution is 5.92. The molecule has 0 amide bonds. The molecule has 2 N–H and O–H groups in total. The van der Waals surface area contributed by atoms with E-state index >= 15 is 0 Å². The van der Waals surface area contributed by atoms with Crippen LogP contribution >= 0.6 is 0 Å². The third-order valence-electron chi connectivity index (χ3n) is 4.83. The average molecular weight is 372 g/mol. The number of pyridine rings is 2. The van der Waals surface area contributed by atoms with E-state index < -0.39 is 0 Å². The standard InChI is InChI=1S/C22H24N6/c1-15-11-17(6-7-21(15)28(2)3)19-12-20-18(5-4-9-23-20)22(27-19)24-10-8-16-13-25-26-14-16/h4-7,9,11-14H,8,10H2,1-3H3,(H,24,27)(H,25,26). The first kappa shape index (κ1) is 18.0. The summed E-state index contributed by atoms with van der Waals surface area (Å²) in [6, 6.07) is 12.5. The van der Waals surface area contributed by atoms with Crippen molar-refractivity contribution in [1.82, 2.24) is 20.2 Å². The molecule has 0 unspecified atom stereocenters. The monoisotopic (exact) mass is 372 g/mol. The minimum atomic E-state index is 0.776. The summed E-state index contributed by atoms with van der Waals surface area (Å²) in [5.41, 5.74) is 6.55. The number of H-pyrrole nitrogens is 1. The lowest BCUT2D eigenvalue weighted by Crippen LogP contribution is -2.10. The normalized spacial score (nSPS) is 11.0. The molecule has 4 aromatic rings. The van der Waals surface area contributed by atoms with E-state index in [1.807, 2.05) is 24.7 Å². The summed E-state index contributed by atoms with van der Waals surface area (Å²) in [6.45, 7) is 2.90. The lowest BCUT2D eigenvalue weighted by Gasteiger charge is -2.17. The molecule has 1 aromatic carbocycles. The van der Waals surface area contributed by atoms with Crippen LogP contribution in [0.3, 0.4) is 0 Å². The fourth-order valence-electron chi connectivity index (χ4n) is 3.41. The van der Waals surface area contributed by atoms with E-state index in [0.717, 1.165) is 40.9 Å². The molecule has 0 aliphatic rings. The van der Waals surface area contributed by atoms with Crippen LogP contribution in [0.1, 0.15) is 11.1 Å². The molecular formula is C22H24N6. The van der Waals surface area contributed by atoms with Gasteiger partial charge in [-0.15, -0.1) is 0 Å². The Kier molecular flexibility index (Phi) is 4.93. The quantitative estimate of drug-likeness (QED) is 0.534. The highest BCUT2D eigenvalue weighted by Gasteiger charge is 2.10. The van der Waals surface area contributed by atoms with Crippen LogP contribution in [0, 0.1) is 6.92 Å². The van der Waals surface area contributed by atoms with Crippen LogP contribution in [0.2, 0.25) is 0 Å². The molecule has 28 heavy (non-hydrogen) atoms. The van der Waals surface area contributed by atoms with Crippen molar-refractivity contribution in [2.45, 2.75) is 13.3 Å². The van der Waals surface area contributed by atoms with Gasteiger partial charge >= 0.3 is 0 Å². The lowest BCUT2D eigenvalue weighted by atomic mass is 10.0. The van der Waals surface area contributed by atoms with Crippen molar-refractivity contribution >= 4 is 22.4 Å². The molecule has 3 heterocycles. The molecule has 0 saturated heterocycles. The Bertz CT molecular complexity index is 1090. The van der Waals surface area contributed by atoms with Crippen molar-refractivity contribution < 1.29 is 0 Å². The van der Waals surface area contributed by atoms with Gasteiger partial charge in [0.1, 0.15) is 5.82 Å². The number of anilines is 2. The molecule has 4 rings (SSSR count). The van der Waals surface area contributed by atoms with Gasteiger partial charge < -0.3 is 10.2 Å². The van der Waals surface area contributed by atoms with Crippen LogP contribution in [0.15, 0.2) is 55.0 Å². The molecule has 0 aliphatic carbocycles. The van der Waals surface area contributed by atoms with Gasteiger partial charge in [0.2, 0.25) is 0 Å². The first-order valence-electron chi connectivity index (χ1n) is 9.37. The van der Waals surface area contributed by atoms with E-state index in [9.17, 15) is 0 Å². The summed E-state index contributed by atoms with van der Waals surface area (Å²) in [5.74, 6) is 0.860. The molecule has 0 saturated carbocycles. The molecule has 142 valence electrons. The van der Waals surface area contributed by atoms with Crippen LogP contribution < -0.4 is 10.2 Å². The third-order valence-corrected chi connectivity index (χ3v) is 4.83. The predicted molar refractivity (Wildman–Crippen MR) is 115 cm³/mol. The molecule has 6 nitrogen and oxygen atoms in total. The fraction of sp³-hybridized carbons (Fsp3) is 0.227. The molecule has 0 fully saturated rings. The SMILES string of the molecule is Cc1cc(-c2cc3ncccc3c(NCCc3cn[nH]c3)n2)ccc1N(C)C. The van der Waals surface area contributed by atoms with Gasteiger partial charge in [-0.2, -0.15) is 5.10 Å². The number of aryl methyl sites for hydroxylation is 1. The smallest absolute Gasteiger partial charge is 0.136 e. The van der Waals surface area contributed by atoms with Gasteiger partial charge in [-0.3, -0.25) is 10.1 Å². The maximum Gasteiger partial charge on any atom is 0.136 e. The van der Waals surface area contributed by atoms with Crippen LogP contribution in [0.5, 0.6) is 0 Å². The van der Waals surface area contributed by atoms with E-state index in [2.05, 4.69) is 76.7 Å². The zero-order valence-corrected chi connectivity index (χ0v) is 16.4. The van der Waals surface area contributed by atoms with Gasteiger partial charge in [-0.05, 0) is 54.8 Å². The van der Waals surface area contributed by atoms with Gasteiger partial charge in [0.15, 0.2) is 0 Å². The van der Waals surface area contributed by atoms with Gasteiger partial charge in [0.05, 0.1) is 17.4 Å². The lowest BCUT2D eigenvalue weighted by molar-refractivity contribution is 1.01. The molecule has 0 aliphatic heterocycles. The van der Waals surface area contributed by atoms with E-state index in [-0.39, 0.29) is 0 Å². The second kappa shape index (κ2) is 7.68. The number of rotatable bonds is 6. The van der Waals surface area contributed by atoms with Crippen molar-refractivity contribution in [2.24, 2.45) is 0 Å². The molecule has 0 bridgehead atoms. The van der Waals surface area contributed by atoms with E-state index in [1.165, 1.54) is 16.8 Å². The number of hydrogen-bond acceptors (Lipinski definition) is 5. The summed E-state index contributed by atoms with van der Waals surface area (Å²) in [4.78, 5) is 11.6. The zero-order valence-electron chi connectivity index (χ0n) is 16.4. The number of nitrogens with zero attached hydrogens (tertiary/aromatic N) is 4. The van der Waals surface area contributed by atoms with Gasteiger partial charge in [-0.25, -0.2) is 4.98 Å². The van der Waals surface area contributed by atoms with Crippen molar-refractivity contribution in [3.63, 3.8) is 0 Å². The second-order valence-corrected chi connectivity index (χ2v) is 7.11. The van der Waals surface area contributed by atoms with Crippen molar-refractivity contribution in [3.8, 4) is 11.3 Å². The molecule has 3 aromatic heterocycles. The molecule has 0 radical (unpaired) electrons. The number of hydrogen-bond donors (Lipinski definition) is 2. The first-order valence-corrected chi connectivity index (χ1v) is 9.37. The minimum absolute atomic E-state index is 0.776. The number of aromatic nitrogens is 4. The molecule has 0 atom stereocenters. The molecular weight excluding hydrogens is 348 g/mol. The number of aromatic amines is 1. The Morgan fingerprint density at radius 1 is 1.14 bits per heavy atom. The zero-order chi connectivity index (χ0) is 19.5. The van der Waals surface area contributed by atoms with Crippen LogP contribution in [0.4, 0.5) is 11.5 Å². The van der Waals surface area contributed by atoms with Gasteiger partial charge in [0.25, 0.3) is 0 Å². The first-order chi connectivity index (χ1) is 13.6. The number of benzene rings is 1. The molecule has 0 spiro atoms. The van der Waals surface area contributed by atoms with Gasteiger partial charge in [0, 0.05) is 49.7 Å². The second-order valence-electron chi connectivity index (χ2n) is 7.11. The van der Waals surface area contributed by atoms with Crippen molar-refractivity contribution in [3.05, 3.63) is 66.1 Å².